The minimum atomic E-state index is -0.433. The number of esters is 2. The van der Waals surface area contributed by atoms with Crippen LogP contribution in [0.3, 0.4) is 0 Å². The van der Waals surface area contributed by atoms with Gasteiger partial charge < -0.3 is 14.2 Å². The number of hydrogen-bond donors (Lipinski definition) is 0. The lowest BCUT2D eigenvalue weighted by atomic mass is 9.99. The third kappa shape index (κ3) is 3.41. The summed E-state index contributed by atoms with van der Waals surface area (Å²) in [5.41, 5.74) is 0.800. The molecule has 0 atom stereocenters. The third-order valence-corrected chi connectivity index (χ3v) is 3.76. The number of fused-ring (bicyclic) bond motifs is 1. The van der Waals surface area contributed by atoms with Crippen LogP contribution in [0.4, 0.5) is 0 Å². The summed E-state index contributed by atoms with van der Waals surface area (Å²) in [6.45, 7) is 5.05. The summed E-state index contributed by atoms with van der Waals surface area (Å²) in [5, 5.41) is 10.4. The lowest BCUT2D eigenvalue weighted by Gasteiger charge is -2.19. The Hall–Kier alpha value is -3.07. The summed E-state index contributed by atoms with van der Waals surface area (Å²) in [6.07, 6.45) is 0.374. The summed E-state index contributed by atoms with van der Waals surface area (Å²) in [4.78, 5) is 23.7. The van der Waals surface area contributed by atoms with Crippen LogP contribution >= 0.6 is 0 Å². The fourth-order valence-corrected chi connectivity index (χ4v) is 2.51. The van der Waals surface area contributed by atoms with Gasteiger partial charge in [-0.3, -0.25) is 9.59 Å². The number of ether oxygens (including phenoxy) is 3. The van der Waals surface area contributed by atoms with Crippen LogP contribution in [-0.2, 0) is 9.59 Å². The molecule has 0 aromatic heterocycles. The van der Waals surface area contributed by atoms with Crippen LogP contribution in [0.15, 0.2) is 18.2 Å². The van der Waals surface area contributed by atoms with Crippen molar-refractivity contribution in [3.05, 3.63) is 29.3 Å². The molecule has 0 bridgehead atoms. The first-order valence-electron chi connectivity index (χ1n) is 7.93. The Labute approximate surface area is 145 Å². The Morgan fingerprint density at radius 3 is 2.16 bits per heavy atom. The number of carbonyl (C=O) groups excluding carboxylic acids is 2. The largest absolute Gasteiger partial charge is 0.492 e. The van der Waals surface area contributed by atoms with Gasteiger partial charge in [0.2, 0.25) is 0 Å². The van der Waals surface area contributed by atoms with E-state index in [1.165, 1.54) is 7.11 Å². The molecule has 0 N–H and O–H groups in total. The van der Waals surface area contributed by atoms with E-state index in [1.807, 2.05) is 0 Å². The molecule has 0 heterocycles. The van der Waals surface area contributed by atoms with Crippen molar-refractivity contribution in [2.75, 3.05) is 7.11 Å². The van der Waals surface area contributed by atoms with Crippen LogP contribution in [0.2, 0.25) is 0 Å². The zero-order valence-corrected chi connectivity index (χ0v) is 14.6. The Balaban J connectivity index is 2.91. The molecule has 0 aliphatic rings. The van der Waals surface area contributed by atoms with Gasteiger partial charge in [-0.15, -0.1) is 0 Å². The van der Waals surface area contributed by atoms with E-state index in [2.05, 4.69) is 6.07 Å². The first-order valence-corrected chi connectivity index (χ1v) is 7.93. The number of hydrogen-bond acceptors (Lipinski definition) is 6. The normalized spacial score (nSPS) is 10.2. The molecule has 130 valence electrons. The number of rotatable bonds is 5. The lowest BCUT2D eigenvalue weighted by Crippen LogP contribution is -2.11. The van der Waals surface area contributed by atoms with Crippen molar-refractivity contribution in [1.82, 2.24) is 0 Å². The van der Waals surface area contributed by atoms with Crippen LogP contribution < -0.4 is 14.2 Å². The summed E-state index contributed by atoms with van der Waals surface area (Å²) >= 11 is 0. The molecule has 2 rings (SSSR count). The Bertz CT molecular complexity index is 880. The highest BCUT2D eigenvalue weighted by Gasteiger charge is 2.24. The molecule has 0 unspecified atom stereocenters. The standard InChI is InChI=1S/C19H19NO5/c1-5-14(21)24-17-11(3)18(23-4)19(25-15(22)6-2)13-9-7-8-12(10-20)16(13)17/h7-9H,5-6H2,1-4H3. The predicted molar refractivity (Wildman–Crippen MR) is 91.8 cm³/mol. The molecule has 0 fully saturated rings. The molecular formula is C19H19NO5. The smallest absolute Gasteiger partial charge is 0.311 e. The van der Waals surface area contributed by atoms with Crippen LogP contribution in [-0.4, -0.2) is 19.0 Å². The molecular weight excluding hydrogens is 322 g/mol. The van der Waals surface area contributed by atoms with E-state index < -0.39 is 11.9 Å². The van der Waals surface area contributed by atoms with Crippen molar-refractivity contribution in [2.24, 2.45) is 0 Å². The zero-order valence-electron chi connectivity index (χ0n) is 14.6. The van der Waals surface area contributed by atoms with Crippen LogP contribution in [0, 0.1) is 18.3 Å². The number of benzene rings is 2. The quantitative estimate of drug-likeness (QED) is 0.609. The van der Waals surface area contributed by atoms with Crippen molar-refractivity contribution in [2.45, 2.75) is 33.6 Å². The van der Waals surface area contributed by atoms with Gasteiger partial charge in [-0.2, -0.15) is 5.26 Å². The first kappa shape index (κ1) is 18.3. The Kier molecular flexibility index (Phi) is 5.60. The molecule has 0 saturated heterocycles. The maximum Gasteiger partial charge on any atom is 0.311 e. The molecule has 0 amide bonds. The van der Waals surface area contributed by atoms with E-state index in [4.69, 9.17) is 14.2 Å². The number of nitrogens with zero attached hydrogens (tertiary/aromatic N) is 1. The average Bonchev–Trinajstić information content (AvgIpc) is 2.63. The van der Waals surface area contributed by atoms with Crippen molar-refractivity contribution in [1.29, 1.82) is 5.26 Å². The van der Waals surface area contributed by atoms with Gasteiger partial charge in [-0.05, 0) is 13.0 Å². The van der Waals surface area contributed by atoms with Crippen molar-refractivity contribution in [3.8, 4) is 23.3 Å². The Morgan fingerprint density at radius 1 is 1.04 bits per heavy atom. The number of nitriles is 1. The molecule has 0 aliphatic heterocycles. The lowest BCUT2D eigenvalue weighted by molar-refractivity contribution is -0.135. The van der Waals surface area contributed by atoms with Gasteiger partial charge >= 0.3 is 11.9 Å². The monoisotopic (exact) mass is 341 g/mol. The van der Waals surface area contributed by atoms with Crippen molar-refractivity contribution >= 4 is 22.7 Å². The second-order valence-corrected chi connectivity index (χ2v) is 5.31. The van der Waals surface area contributed by atoms with Gasteiger partial charge in [0.1, 0.15) is 5.75 Å². The van der Waals surface area contributed by atoms with Gasteiger partial charge in [0.05, 0.1) is 18.7 Å². The Morgan fingerprint density at radius 2 is 1.64 bits per heavy atom. The second-order valence-electron chi connectivity index (χ2n) is 5.31. The van der Waals surface area contributed by atoms with Crippen molar-refractivity contribution < 1.29 is 23.8 Å². The highest BCUT2D eigenvalue weighted by molar-refractivity contribution is 6.02. The molecule has 0 radical (unpaired) electrons. The van der Waals surface area contributed by atoms with Crippen LogP contribution in [0.5, 0.6) is 17.2 Å². The van der Waals surface area contributed by atoms with Gasteiger partial charge in [-0.1, -0.05) is 26.0 Å². The summed E-state index contributed by atoms with van der Waals surface area (Å²) in [6, 6.07) is 7.07. The molecule has 0 aliphatic carbocycles. The molecule has 6 heteroatoms. The van der Waals surface area contributed by atoms with Gasteiger partial charge in [0, 0.05) is 29.2 Å². The van der Waals surface area contributed by atoms with E-state index in [-0.39, 0.29) is 24.3 Å². The van der Waals surface area contributed by atoms with E-state index in [0.717, 1.165) is 0 Å². The van der Waals surface area contributed by atoms with E-state index in [0.29, 0.717) is 27.6 Å². The topological polar surface area (TPSA) is 85.6 Å². The maximum atomic E-state index is 11.9. The maximum absolute atomic E-state index is 11.9. The summed E-state index contributed by atoms with van der Waals surface area (Å²) in [7, 11) is 1.44. The highest BCUT2D eigenvalue weighted by Crippen LogP contribution is 2.46. The third-order valence-electron chi connectivity index (χ3n) is 3.76. The summed E-state index contributed by atoms with van der Waals surface area (Å²) in [5.74, 6) is -0.108. The fourth-order valence-electron chi connectivity index (χ4n) is 2.51. The molecule has 0 spiro atoms. The molecule has 2 aromatic carbocycles. The second kappa shape index (κ2) is 7.67. The first-order chi connectivity index (χ1) is 12.0. The van der Waals surface area contributed by atoms with Gasteiger partial charge in [0.25, 0.3) is 0 Å². The minimum Gasteiger partial charge on any atom is -0.492 e. The minimum absolute atomic E-state index is 0.185. The van der Waals surface area contributed by atoms with Crippen LogP contribution in [0.1, 0.15) is 37.8 Å². The van der Waals surface area contributed by atoms with Gasteiger partial charge in [0.15, 0.2) is 11.5 Å². The van der Waals surface area contributed by atoms with E-state index >= 15 is 0 Å². The summed E-state index contributed by atoms with van der Waals surface area (Å²) < 4.78 is 16.3. The number of methoxy groups -OCH3 is 1. The molecule has 2 aromatic rings. The predicted octanol–water partition coefficient (Wildman–Crippen LogP) is 3.66. The molecule has 0 saturated carbocycles. The van der Waals surface area contributed by atoms with E-state index in [9.17, 15) is 14.9 Å². The molecule has 6 nitrogen and oxygen atoms in total. The fraction of sp³-hybridized carbons (Fsp3) is 0.316. The molecule has 25 heavy (non-hydrogen) atoms. The number of carbonyl (C=O) groups is 2. The average molecular weight is 341 g/mol. The van der Waals surface area contributed by atoms with Gasteiger partial charge in [-0.25, -0.2) is 0 Å². The highest BCUT2D eigenvalue weighted by atomic mass is 16.6. The zero-order chi connectivity index (χ0) is 18.6. The van der Waals surface area contributed by atoms with Crippen molar-refractivity contribution in [3.63, 3.8) is 0 Å². The van der Waals surface area contributed by atoms with Crippen LogP contribution in [0.25, 0.3) is 10.8 Å². The van der Waals surface area contributed by atoms with E-state index in [1.54, 1.807) is 39.0 Å². The SMILES string of the molecule is CCC(=O)Oc1c(OC)c(C)c(OC(=O)CC)c2c(C#N)cccc12.